The molecule has 1 aromatic rings. The molecule has 0 saturated carbocycles. The van der Waals surface area contributed by atoms with E-state index < -0.39 is 12.2 Å². The summed E-state index contributed by atoms with van der Waals surface area (Å²) < 4.78 is 39.0. The molecule has 0 aliphatic rings. The predicted octanol–water partition coefficient (Wildman–Crippen LogP) is 2.20. The summed E-state index contributed by atoms with van der Waals surface area (Å²) in [7, 11) is 0. The maximum atomic E-state index is 11.8. The van der Waals surface area contributed by atoms with E-state index >= 15 is 0 Å². The number of hydrogen-bond acceptors (Lipinski definition) is 4. The summed E-state index contributed by atoms with van der Waals surface area (Å²) in [5.41, 5.74) is 5.19. The van der Waals surface area contributed by atoms with Crippen LogP contribution in [0.3, 0.4) is 0 Å². The fraction of sp³-hybridized carbons (Fsp3) is 0.143. The molecule has 80 valence electrons. The van der Waals surface area contributed by atoms with Crippen molar-refractivity contribution in [2.75, 3.05) is 5.73 Å². The first-order valence-corrected chi connectivity index (χ1v) is 4.24. The summed E-state index contributed by atoms with van der Waals surface area (Å²) in [6.07, 6.45) is -4.85. The number of halogens is 4. The van der Waals surface area contributed by atoms with E-state index in [2.05, 4.69) is 25.7 Å². The number of aromatic nitrogens is 1. The number of nitrogens with two attached hydrogens (primary N) is 1. The van der Waals surface area contributed by atoms with Gasteiger partial charge in [-0.25, -0.2) is 0 Å². The molecule has 0 aliphatic carbocycles. The van der Waals surface area contributed by atoms with Crippen molar-refractivity contribution in [2.45, 2.75) is 6.36 Å². The number of nitrogens with zero attached hydrogens (tertiary/aromatic N) is 2. The Balaban J connectivity index is 3.13. The molecule has 1 aromatic heterocycles. The summed E-state index contributed by atoms with van der Waals surface area (Å²) in [4.78, 5) is 3.30. The lowest BCUT2D eigenvalue weighted by Crippen LogP contribution is -2.18. The standard InChI is InChI=1S/C7H3BrF3N3O/c8-4-1-3(2-12)5(13)14-6(4)15-7(9,10)11/h1H,(H2,13,14). The van der Waals surface area contributed by atoms with E-state index in [-0.39, 0.29) is 15.9 Å². The molecule has 0 atom stereocenters. The topological polar surface area (TPSA) is 71.9 Å². The summed E-state index contributed by atoms with van der Waals surface area (Å²) in [6.45, 7) is 0. The monoisotopic (exact) mass is 281 g/mol. The minimum Gasteiger partial charge on any atom is -0.387 e. The molecule has 0 amide bonds. The van der Waals surface area contributed by atoms with E-state index in [1.807, 2.05) is 0 Å². The molecule has 1 heterocycles. The number of pyridine rings is 1. The Bertz CT molecular complexity index is 427. The molecule has 0 spiro atoms. The number of hydrogen-bond donors (Lipinski definition) is 1. The van der Waals surface area contributed by atoms with Gasteiger partial charge in [0.05, 0.1) is 10.0 Å². The highest BCUT2D eigenvalue weighted by molar-refractivity contribution is 9.10. The van der Waals surface area contributed by atoms with Gasteiger partial charge in [0.25, 0.3) is 0 Å². The highest BCUT2D eigenvalue weighted by Gasteiger charge is 2.33. The Morgan fingerprint density at radius 3 is 2.60 bits per heavy atom. The maximum Gasteiger partial charge on any atom is 0.574 e. The zero-order valence-electron chi connectivity index (χ0n) is 6.97. The van der Waals surface area contributed by atoms with Gasteiger partial charge in [-0.2, -0.15) is 10.2 Å². The molecule has 0 bridgehead atoms. The van der Waals surface area contributed by atoms with Gasteiger partial charge in [-0.05, 0) is 22.0 Å². The van der Waals surface area contributed by atoms with Crippen LogP contribution in [0.5, 0.6) is 5.88 Å². The predicted molar refractivity (Wildman–Crippen MR) is 47.7 cm³/mol. The van der Waals surface area contributed by atoms with Crippen LogP contribution in [0.4, 0.5) is 19.0 Å². The highest BCUT2D eigenvalue weighted by Crippen LogP contribution is 2.30. The number of alkyl halides is 3. The average molecular weight is 282 g/mol. The molecule has 0 saturated heterocycles. The van der Waals surface area contributed by atoms with Gasteiger partial charge < -0.3 is 10.5 Å². The molecule has 2 N–H and O–H groups in total. The Morgan fingerprint density at radius 2 is 2.13 bits per heavy atom. The van der Waals surface area contributed by atoms with Crippen LogP contribution in [0.15, 0.2) is 10.5 Å². The lowest BCUT2D eigenvalue weighted by Gasteiger charge is -2.10. The van der Waals surface area contributed by atoms with E-state index in [4.69, 9.17) is 11.0 Å². The first-order chi connectivity index (χ1) is 6.83. The molecular formula is C7H3BrF3N3O. The van der Waals surface area contributed by atoms with Crippen molar-refractivity contribution in [1.82, 2.24) is 4.98 Å². The summed E-state index contributed by atoms with van der Waals surface area (Å²) in [6, 6.07) is 2.77. The van der Waals surface area contributed by atoms with Crippen molar-refractivity contribution < 1.29 is 17.9 Å². The molecule has 15 heavy (non-hydrogen) atoms. The van der Waals surface area contributed by atoms with Gasteiger partial charge in [0.2, 0.25) is 5.88 Å². The van der Waals surface area contributed by atoms with Crippen molar-refractivity contribution >= 4 is 21.7 Å². The van der Waals surface area contributed by atoms with Crippen molar-refractivity contribution in [3.05, 3.63) is 16.1 Å². The number of ether oxygens (including phenoxy) is 1. The van der Waals surface area contributed by atoms with Gasteiger partial charge in [0.15, 0.2) is 0 Å². The van der Waals surface area contributed by atoms with Crippen molar-refractivity contribution in [2.24, 2.45) is 0 Å². The van der Waals surface area contributed by atoms with Crippen molar-refractivity contribution in [1.29, 1.82) is 5.26 Å². The average Bonchev–Trinajstić information content (AvgIpc) is 2.08. The number of anilines is 1. The number of nitrogen functional groups attached to an aromatic ring is 1. The minimum absolute atomic E-state index is 0.0311. The fourth-order valence-corrected chi connectivity index (χ4v) is 1.15. The zero-order chi connectivity index (χ0) is 11.6. The molecule has 8 heteroatoms. The van der Waals surface area contributed by atoms with E-state index in [0.29, 0.717) is 0 Å². The highest BCUT2D eigenvalue weighted by atomic mass is 79.9. The normalized spacial score (nSPS) is 10.9. The van der Waals surface area contributed by atoms with E-state index in [9.17, 15) is 13.2 Å². The minimum atomic E-state index is -4.85. The Hall–Kier alpha value is -1.49. The van der Waals surface area contributed by atoms with Crippen LogP contribution in [-0.2, 0) is 0 Å². The lowest BCUT2D eigenvalue weighted by atomic mass is 10.3. The van der Waals surface area contributed by atoms with E-state index in [0.717, 1.165) is 6.07 Å². The third kappa shape index (κ3) is 2.99. The first-order valence-electron chi connectivity index (χ1n) is 3.45. The van der Waals surface area contributed by atoms with Gasteiger partial charge in [0, 0.05) is 0 Å². The van der Waals surface area contributed by atoms with Crippen LogP contribution in [0.25, 0.3) is 0 Å². The summed E-state index contributed by atoms with van der Waals surface area (Å²) in [5.74, 6) is -1.04. The van der Waals surface area contributed by atoms with Crippen molar-refractivity contribution in [3.8, 4) is 11.9 Å². The molecule has 0 aromatic carbocycles. The number of rotatable bonds is 1. The summed E-state index contributed by atoms with van der Waals surface area (Å²) >= 11 is 2.78. The van der Waals surface area contributed by atoms with Gasteiger partial charge in [-0.3, -0.25) is 0 Å². The van der Waals surface area contributed by atoms with Crippen LogP contribution in [0, 0.1) is 11.3 Å². The lowest BCUT2D eigenvalue weighted by molar-refractivity contribution is -0.276. The molecule has 0 aliphatic heterocycles. The molecule has 1 rings (SSSR count). The SMILES string of the molecule is N#Cc1cc(Br)c(OC(F)(F)F)nc1N. The van der Waals surface area contributed by atoms with Gasteiger partial charge in [0.1, 0.15) is 11.9 Å². The number of nitriles is 1. The van der Waals surface area contributed by atoms with Crippen LogP contribution >= 0.6 is 15.9 Å². The van der Waals surface area contributed by atoms with Gasteiger partial charge >= 0.3 is 6.36 Å². The quantitative estimate of drug-likeness (QED) is 0.857. The second kappa shape index (κ2) is 3.94. The van der Waals surface area contributed by atoms with Gasteiger partial charge in [-0.15, -0.1) is 13.2 Å². The summed E-state index contributed by atoms with van der Waals surface area (Å²) in [5, 5.41) is 8.51. The van der Waals surface area contributed by atoms with Crippen LogP contribution in [-0.4, -0.2) is 11.3 Å². The third-order valence-corrected chi connectivity index (χ3v) is 1.87. The maximum absolute atomic E-state index is 11.8. The molecular weight excluding hydrogens is 279 g/mol. The van der Waals surface area contributed by atoms with E-state index in [1.54, 1.807) is 6.07 Å². The Labute approximate surface area is 90.6 Å². The van der Waals surface area contributed by atoms with Crippen molar-refractivity contribution in [3.63, 3.8) is 0 Å². The van der Waals surface area contributed by atoms with Crippen LogP contribution < -0.4 is 10.5 Å². The second-order valence-electron chi connectivity index (χ2n) is 2.37. The largest absolute Gasteiger partial charge is 0.574 e. The van der Waals surface area contributed by atoms with E-state index in [1.165, 1.54) is 0 Å². The fourth-order valence-electron chi connectivity index (χ4n) is 0.756. The molecule has 0 radical (unpaired) electrons. The molecule has 0 unspecified atom stereocenters. The smallest absolute Gasteiger partial charge is 0.387 e. The first kappa shape index (κ1) is 11.6. The second-order valence-corrected chi connectivity index (χ2v) is 3.22. The molecule has 0 fully saturated rings. The third-order valence-electron chi connectivity index (χ3n) is 1.31. The van der Waals surface area contributed by atoms with Crippen LogP contribution in [0.1, 0.15) is 5.56 Å². The van der Waals surface area contributed by atoms with Crippen LogP contribution in [0.2, 0.25) is 0 Å². The van der Waals surface area contributed by atoms with Gasteiger partial charge in [-0.1, -0.05) is 0 Å². The Kier molecular flexibility index (Phi) is 3.04. The Morgan fingerprint density at radius 1 is 1.53 bits per heavy atom. The zero-order valence-corrected chi connectivity index (χ0v) is 8.56. The molecule has 4 nitrogen and oxygen atoms in total.